The van der Waals surface area contributed by atoms with E-state index in [4.69, 9.17) is 5.73 Å². The minimum absolute atomic E-state index is 0.174. The van der Waals surface area contributed by atoms with Crippen LogP contribution in [0.3, 0.4) is 0 Å². The van der Waals surface area contributed by atoms with Crippen molar-refractivity contribution in [3.63, 3.8) is 0 Å². The second-order valence-corrected chi connectivity index (χ2v) is 4.00. The molecule has 0 heterocycles. The molecule has 0 aliphatic heterocycles. The fraction of sp³-hybridized carbons (Fsp3) is 0.222. The summed E-state index contributed by atoms with van der Waals surface area (Å²) in [7, 11) is 0. The molecule has 0 unspecified atom stereocenters. The largest absolute Gasteiger partial charge is 0.418 e. The van der Waals surface area contributed by atoms with E-state index in [1.807, 2.05) is 0 Å². The summed E-state index contributed by atoms with van der Waals surface area (Å²) in [5.41, 5.74) is 0.248. The first kappa shape index (κ1) is 14.8. The van der Waals surface area contributed by atoms with Gasteiger partial charge in [-0.05, 0) is 28.1 Å². The van der Waals surface area contributed by atoms with E-state index in [2.05, 4.69) is 15.9 Å². The van der Waals surface area contributed by atoms with Crippen LogP contribution in [0.4, 0.5) is 26.3 Å². The van der Waals surface area contributed by atoms with Gasteiger partial charge in [0.1, 0.15) is 0 Å². The number of rotatable bonds is 1. The normalized spacial score (nSPS) is 12.6. The Bertz CT molecular complexity index is 493. The Morgan fingerprint density at radius 2 is 1.56 bits per heavy atom. The van der Waals surface area contributed by atoms with Gasteiger partial charge in [0.2, 0.25) is 5.91 Å². The number of carbonyl (C=O) groups excluding carboxylic acids is 1. The Balaban J connectivity index is 3.69. The molecular weight excluding hydrogens is 332 g/mol. The number of benzene rings is 1. The molecule has 1 amide bonds. The summed E-state index contributed by atoms with van der Waals surface area (Å²) in [5.74, 6) is -1.26. The zero-order valence-electron chi connectivity index (χ0n) is 8.29. The summed E-state index contributed by atoms with van der Waals surface area (Å²) >= 11 is 2.34. The molecule has 0 fully saturated rings. The van der Waals surface area contributed by atoms with Crippen LogP contribution in [0.1, 0.15) is 21.5 Å². The Morgan fingerprint density at radius 3 is 1.89 bits per heavy atom. The molecule has 2 nitrogen and oxygen atoms in total. The Kier molecular flexibility index (Phi) is 3.66. The highest BCUT2D eigenvalue weighted by Gasteiger charge is 2.45. The third kappa shape index (κ3) is 2.77. The zero-order chi connectivity index (χ0) is 14.3. The molecule has 0 bridgehead atoms. The molecule has 0 saturated carbocycles. The molecule has 0 saturated heterocycles. The highest BCUT2D eigenvalue weighted by Crippen LogP contribution is 2.44. The second-order valence-electron chi connectivity index (χ2n) is 3.21. The lowest BCUT2D eigenvalue weighted by atomic mass is 10.0. The summed E-state index contributed by atoms with van der Waals surface area (Å²) in [6.07, 6.45) is -10.5. The molecule has 0 aliphatic rings. The number of primary amides is 1. The fourth-order valence-corrected chi connectivity index (χ4v) is 2.05. The minimum Gasteiger partial charge on any atom is -0.366 e. The van der Waals surface area contributed by atoms with Gasteiger partial charge in [0.25, 0.3) is 0 Å². The molecule has 18 heavy (non-hydrogen) atoms. The molecule has 1 aromatic carbocycles. The fourth-order valence-electron chi connectivity index (χ4n) is 1.28. The van der Waals surface area contributed by atoms with Gasteiger partial charge in [0.05, 0.1) is 16.7 Å². The molecule has 0 aromatic heterocycles. The Labute approximate surface area is 105 Å². The average Bonchev–Trinajstić information content (AvgIpc) is 2.12. The number of alkyl halides is 6. The van der Waals surface area contributed by atoms with Crippen LogP contribution < -0.4 is 5.73 Å². The molecule has 0 radical (unpaired) electrons. The van der Waals surface area contributed by atoms with Gasteiger partial charge in [-0.2, -0.15) is 26.3 Å². The highest BCUT2D eigenvalue weighted by atomic mass is 79.9. The average molecular weight is 336 g/mol. The number of carbonyl (C=O) groups is 1. The Hall–Kier alpha value is -1.25. The highest BCUT2D eigenvalue weighted by molar-refractivity contribution is 9.10. The van der Waals surface area contributed by atoms with Crippen molar-refractivity contribution >= 4 is 21.8 Å². The predicted molar refractivity (Wildman–Crippen MR) is 52.7 cm³/mol. The summed E-state index contributed by atoms with van der Waals surface area (Å²) < 4.78 is 74.1. The SMILES string of the molecule is NC(=O)c1ccc(C(F)(F)F)c(C(F)(F)F)c1Br. The van der Waals surface area contributed by atoms with Gasteiger partial charge in [0.15, 0.2) is 0 Å². The summed E-state index contributed by atoms with van der Waals surface area (Å²) in [5, 5.41) is 0. The van der Waals surface area contributed by atoms with Crippen LogP contribution in [0.15, 0.2) is 16.6 Å². The number of hydrogen-bond acceptors (Lipinski definition) is 1. The Morgan fingerprint density at radius 1 is 1.06 bits per heavy atom. The van der Waals surface area contributed by atoms with E-state index in [-0.39, 0.29) is 6.07 Å². The third-order valence-electron chi connectivity index (χ3n) is 2.00. The summed E-state index contributed by atoms with van der Waals surface area (Å²) in [6.45, 7) is 0. The molecule has 1 rings (SSSR count). The number of halogens is 7. The van der Waals surface area contributed by atoms with Crippen molar-refractivity contribution in [2.24, 2.45) is 5.73 Å². The molecular formula is C9H4BrF6NO. The predicted octanol–water partition coefficient (Wildman–Crippen LogP) is 3.59. The maximum atomic E-state index is 12.6. The van der Waals surface area contributed by atoms with Gasteiger partial charge in [-0.25, -0.2) is 0 Å². The van der Waals surface area contributed by atoms with Crippen LogP contribution in [0.5, 0.6) is 0 Å². The van der Waals surface area contributed by atoms with Crippen molar-refractivity contribution in [1.82, 2.24) is 0 Å². The quantitative estimate of drug-likeness (QED) is 0.783. The van der Waals surface area contributed by atoms with Crippen LogP contribution in [0.2, 0.25) is 0 Å². The van der Waals surface area contributed by atoms with Crippen molar-refractivity contribution in [3.05, 3.63) is 33.3 Å². The second kappa shape index (κ2) is 4.45. The van der Waals surface area contributed by atoms with Crippen LogP contribution in [0.25, 0.3) is 0 Å². The van der Waals surface area contributed by atoms with Gasteiger partial charge in [-0.1, -0.05) is 0 Å². The van der Waals surface area contributed by atoms with Gasteiger partial charge < -0.3 is 5.73 Å². The maximum absolute atomic E-state index is 12.6. The summed E-state index contributed by atoms with van der Waals surface area (Å²) in [4.78, 5) is 10.8. The van der Waals surface area contributed by atoms with Crippen molar-refractivity contribution < 1.29 is 31.1 Å². The van der Waals surface area contributed by atoms with E-state index in [1.54, 1.807) is 0 Å². The topological polar surface area (TPSA) is 43.1 Å². The number of nitrogens with two attached hydrogens (primary N) is 1. The van der Waals surface area contributed by atoms with Gasteiger partial charge in [0, 0.05) is 4.47 Å². The van der Waals surface area contributed by atoms with E-state index >= 15 is 0 Å². The van der Waals surface area contributed by atoms with E-state index in [9.17, 15) is 31.1 Å². The number of hydrogen-bond donors (Lipinski definition) is 1. The van der Waals surface area contributed by atoms with Crippen LogP contribution in [-0.2, 0) is 12.4 Å². The van der Waals surface area contributed by atoms with E-state index in [0.717, 1.165) is 0 Å². The molecule has 0 atom stereocenters. The molecule has 1 aromatic rings. The lowest BCUT2D eigenvalue weighted by Crippen LogP contribution is -2.21. The van der Waals surface area contributed by atoms with E-state index in [0.29, 0.717) is 6.07 Å². The zero-order valence-corrected chi connectivity index (χ0v) is 9.87. The van der Waals surface area contributed by atoms with Gasteiger partial charge in [-0.3, -0.25) is 4.79 Å². The maximum Gasteiger partial charge on any atom is 0.418 e. The first-order valence-electron chi connectivity index (χ1n) is 4.23. The van der Waals surface area contributed by atoms with Crippen LogP contribution >= 0.6 is 15.9 Å². The first-order valence-corrected chi connectivity index (χ1v) is 5.02. The first-order chi connectivity index (χ1) is 7.96. The van der Waals surface area contributed by atoms with Crippen molar-refractivity contribution in [1.29, 1.82) is 0 Å². The lowest BCUT2D eigenvalue weighted by molar-refractivity contribution is -0.162. The molecule has 0 aliphatic carbocycles. The molecule has 9 heteroatoms. The molecule has 2 N–H and O–H groups in total. The van der Waals surface area contributed by atoms with E-state index < -0.39 is 39.4 Å². The standard InChI is InChI=1S/C9H4BrF6NO/c10-6-3(7(17)18)1-2-4(8(11,12)13)5(6)9(14,15)16/h1-2H,(H2,17,18). The van der Waals surface area contributed by atoms with Gasteiger partial charge >= 0.3 is 12.4 Å². The molecule has 100 valence electrons. The van der Waals surface area contributed by atoms with Crippen molar-refractivity contribution in [2.45, 2.75) is 12.4 Å². The summed E-state index contributed by atoms with van der Waals surface area (Å²) in [6, 6.07) is 0.762. The third-order valence-corrected chi connectivity index (χ3v) is 2.82. The van der Waals surface area contributed by atoms with Gasteiger partial charge in [-0.15, -0.1) is 0 Å². The smallest absolute Gasteiger partial charge is 0.366 e. The monoisotopic (exact) mass is 335 g/mol. The minimum atomic E-state index is -5.27. The number of amides is 1. The van der Waals surface area contributed by atoms with Crippen LogP contribution in [-0.4, -0.2) is 5.91 Å². The van der Waals surface area contributed by atoms with Crippen molar-refractivity contribution in [3.8, 4) is 0 Å². The van der Waals surface area contributed by atoms with E-state index in [1.165, 1.54) is 0 Å². The molecule has 0 spiro atoms. The van der Waals surface area contributed by atoms with Crippen molar-refractivity contribution in [2.75, 3.05) is 0 Å². The lowest BCUT2D eigenvalue weighted by Gasteiger charge is -2.18. The van der Waals surface area contributed by atoms with Crippen LogP contribution in [0, 0.1) is 0 Å².